The van der Waals surface area contributed by atoms with Crippen LogP contribution in [0.1, 0.15) is 38.3 Å². The molecule has 0 spiro atoms. The highest BCUT2D eigenvalue weighted by molar-refractivity contribution is 5.95. The predicted octanol–water partition coefficient (Wildman–Crippen LogP) is 1.79. The molecule has 0 bridgehead atoms. The second-order valence-corrected chi connectivity index (χ2v) is 10.6. The van der Waals surface area contributed by atoms with E-state index in [1.807, 2.05) is 30.3 Å². The van der Waals surface area contributed by atoms with Crippen molar-refractivity contribution in [1.29, 1.82) is 0 Å². The summed E-state index contributed by atoms with van der Waals surface area (Å²) in [6, 6.07) is 13.0. The number of carboxylic acids is 1. The van der Waals surface area contributed by atoms with Crippen LogP contribution >= 0.6 is 0 Å². The number of hydrogen-bond acceptors (Lipinski definition) is 13. The third-order valence-corrected chi connectivity index (χ3v) is 7.68. The van der Waals surface area contributed by atoms with Gasteiger partial charge < -0.3 is 59.1 Å². The van der Waals surface area contributed by atoms with Gasteiger partial charge in [-0.15, -0.1) is 0 Å². The number of methoxy groups -OCH3 is 1. The zero-order valence-corrected chi connectivity index (χ0v) is 24.7. The first-order chi connectivity index (χ1) is 22.1. The first kappa shape index (κ1) is 32.6. The molecule has 1 fully saturated rings. The number of carboxylic acid groups (broad SMARTS) is 1. The van der Waals surface area contributed by atoms with E-state index in [2.05, 4.69) is 0 Å². The fraction of sp³-hybridized carbons (Fsp3) is 0.375. The van der Waals surface area contributed by atoms with Crippen molar-refractivity contribution in [3.05, 3.63) is 70.8 Å². The molecule has 46 heavy (non-hydrogen) atoms. The number of aliphatic hydroxyl groups excluding tert-OH is 3. The molecule has 0 unspecified atom stereocenters. The summed E-state index contributed by atoms with van der Waals surface area (Å²) in [6.45, 7) is -0.318. The van der Waals surface area contributed by atoms with E-state index in [1.165, 1.54) is 19.2 Å². The minimum absolute atomic E-state index is 0.0336. The van der Waals surface area contributed by atoms with E-state index in [0.717, 1.165) is 11.6 Å². The minimum Gasteiger partial charge on any atom is -0.504 e. The van der Waals surface area contributed by atoms with Crippen LogP contribution in [0.3, 0.4) is 0 Å². The van der Waals surface area contributed by atoms with Crippen molar-refractivity contribution in [2.45, 2.75) is 50.0 Å². The molecule has 14 heteroatoms. The molecule has 1 saturated heterocycles. The summed E-state index contributed by atoms with van der Waals surface area (Å²) in [6.07, 6.45) is -6.82. The summed E-state index contributed by atoms with van der Waals surface area (Å²) < 4.78 is 33.1. The highest BCUT2D eigenvalue weighted by atomic mass is 16.7. The van der Waals surface area contributed by atoms with E-state index >= 15 is 0 Å². The maximum absolute atomic E-state index is 13.1. The average molecular weight is 643 g/mol. The molecule has 14 nitrogen and oxygen atoms in total. The van der Waals surface area contributed by atoms with Crippen LogP contribution in [0, 0.1) is 0 Å². The lowest BCUT2D eigenvalue weighted by molar-refractivity contribution is -0.277. The molecular formula is C32H34O14. The molecule has 2 heterocycles. The molecule has 2 aliphatic heterocycles. The second kappa shape index (κ2) is 14.1. The third-order valence-electron chi connectivity index (χ3n) is 7.68. The highest BCUT2D eigenvalue weighted by Crippen LogP contribution is 2.46. The number of aromatic hydroxyl groups is 2. The lowest BCUT2D eigenvalue weighted by Crippen LogP contribution is -2.60. The molecule has 0 aliphatic carbocycles. The minimum atomic E-state index is -1.79. The number of rotatable bonds is 11. The van der Waals surface area contributed by atoms with Gasteiger partial charge in [-0.05, 0) is 30.5 Å². The summed E-state index contributed by atoms with van der Waals surface area (Å²) in [5, 5.41) is 62.6. The van der Waals surface area contributed by atoms with Gasteiger partial charge in [0.05, 0.1) is 25.9 Å². The van der Waals surface area contributed by atoms with E-state index in [9.17, 15) is 40.2 Å². The van der Waals surface area contributed by atoms with E-state index in [0.29, 0.717) is 31.4 Å². The van der Waals surface area contributed by atoms with Gasteiger partial charge in [-0.2, -0.15) is 0 Å². The second-order valence-electron chi connectivity index (χ2n) is 10.6. The molecule has 246 valence electrons. The Balaban J connectivity index is 1.29. The Morgan fingerprint density at radius 2 is 1.70 bits per heavy atom. The Labute approximate surface area is 262 Å². The van der Waals surface area contributed by atoms with Crippen LogP contribution in [0.15, 0.2) is 48.5 Å². The van der Waals surface area contributed by atoms with Crippen LogP contribution in [0.4, 0.5) is 0 Å². The van der Waals surface area contributed by atoms with Crippen LogP contribution in [0.5, 0.6) is 34.5 Å². The standard InChI is InChI=1S/C32H34O14/c1-41-21-14-19(23(33)29(25(21)35)43-13-11-16-6-3-2-4-7-16)31(40)44-15-22-24(34)26(36)27(37)32(46-22)45-20-10-9-18(30(38)39)17-8-5-12-42-28(17)20/h2-4,6-7,9-10,14,22,24,26-27,32-37H,5,8,11-13,15H2,1H3,(H,38,39)/t22-,24-,26+,27-,32-/m1/s1. The topological polar surface area (TPSA) is 211 Å². The maximum atomic E-state index is 13.1. The first-order valence-electron chi connectivity index (χ1n) is 14.5. The number of fused-ring (bicyclic) bond motifs is 1. The zero-order chi connectivity index (χ0) is 33.0. The van der Waals surface area contributed by atoms with Gasteiger partial charge in [0.25, 0.3) is 0 Å². The summed E-state index contributed by atoms with van der Waals surface area (Å²) in [7, 11) is 1.24. The van der Waals surface area contributed by atoms with Crippen molar-refractivity contribution in [1.82, 2.24) is 0 Å². The van der Waals surface area contributed by atoms with Gasteiger partial charge in [0.15, 0.2) is 23.0 Å². The maximum Gasteiger partial charge on any atom is 0.342 e. The van der Waals surface area contributed by atoms with Crippen LogP contribution < -0.4 is 18.9 Å². The summed E-state index contributed by atoms with van der Waals surface area (Å²) in [4.78, 5) is 24.8. The van der Waals surface area contributed by atoms with Crippen LogP contribution in [-0.4, -0.2) is 100 Å². The number of carbonyl (C=O) groups is 2. The SMILES string of the molecule is COc1cc(C(=O)OC[C@H]2O[C@@H](Oc3ccc(C(=O)O)c4c3OCCC4)[C@H](O)[C@@H](O)[C@@H]2O)c(O)c(OCCc2ccccc2)c1O. The molecule has 0 radical (unpaired) electrons. The van der Waals surface area contributed by atoms with E-state index < -0.39 is 72.1 Å². The number of ether oxygens (including phenoxy) is 6. The quantitative estimate of drug-likeness (QED) is 0.165. The molecule has 0 saturated carbocycles. The summed E-state index contributed by atoms with van der Waals surface area (Å²) >= 11 is 0. The van der Waals surface area contributed by atoms with Crippen LogP contribution in [-0.2, 0) is 22.3 Å². The van der Waals surface area contributed by atoms with Crippen molar-refractivity contribution < 1.29 is 68.6 Å². The number of aliphatic hydroxyl groups is 3. The Morgan fingerprint density at radius 3 is 2.41 bits per heavy atom. The van der Waals surface area contributed by atoms with Gasteiger partial charge in [-0.1, -0.05) is 30.3 Å². The highest BCUT2D eigenvalue weighted by Gasteiger charge is 2.46. The largest absolute Gasteiger partial charge is 0.504 e. The number of aromatic carboxylic acids is 1. The van der Waals surface area contributed by atoms with Crippen molar-refractivity contribution in [2.75, 3.05) is 26.9 Å². The predicted molar refractivity (Wildman–Crippen MR) is 157 cm³/mol. The van der Waals surface area contributed by atoms with Gasteiger partial charge in [0.1, 0.15) is 36.6 Å². The molecule has 5 atom stereocenters. The van der Waals surface area contributed by atoms with Crippen molar-refractivity contribution in [3.63, 3.8) is 0 Å². The third kappa shape index (κ3) is 6.74. The van der Waals surface area contributed by atoms with E-state index in [1.54, 1.807) is 0 Å². The van der Waals surface area contributed by atoms with E-state index in [-0.39, 0.29) is 29.4 Å². The van der Waals surface area contributed by atoms with Gasteiger partial charge in [0.2, 0.25) is 17.8 Å². The number of carbonyl (C=O) groups excluding carboxylic acids is 1. The molecule has 3 aromatic rings. The summed E-state index contributed by atoms with van der Waals surface area (Å²) in [5.74, 6) is -3.88. The molecular weight excluding hydrogens is 608 g/mol. The average Bonchev–Trinajstić information content (AvgIpc) is 3.06. The summed E-state index contributed by atoms with van der Waals surface area (Å²) in [5.41, 5.74) is 0.950. The van der Waals surface area contributed by atoms with Gasteiger partial charge in [-0.3, -0.25) is 0 Å². The molecule has 5 rings (SSSR count). The normalized spacial score (nSPS) is 22.2. The Bertz CT molecular complexity index is 1560. The Morgan fingerprint density at radius 1 is 0.935 bits per heavy atom. The van der Waals surface area contributed by atoms with Crippen molar-refractivity contribution in [2.24, 2.45) is 0 Å². The lowest BCUT2D eigenvalue weighted by atomic mass is 9.98. The fourth-order valence-corrected chi connectivity index (χ4v) is 5.22. The fourth-order valence-electron chi connectivity index (χ4n) is 5.22. The van der Waals surface area contributed by atoms with Crippen LogP contribution in [0.2, 0.25) is 0 Å². The molecule has 0 amide bonds. The number of hydrogen-bond donors (Lipinski definition) is 6. The molecule has 0 aromatic heterocycles. The zero-order valence-electron chi connectivity index (χ0n) is 24.7. The van der Waals surface area contributed by atoms with Crippen molar-refractivity contribution >= 4 is 11.9 Å². The van der Waals surface area contributed by atoms with Crippen molar-refractivity contribution in [3.8, 4) is 34.5 Å². The molecule has 2 aliphatic rings. The lowest BCUT2D eigenvalue weighted by Gasteiger charge is -2.40. The smallest absolute Gasteiger partial charge is 0.342 e. The number of benzene rings is 3. The van der Waals surface area contributed by atoms with Gasteiger partial charge in [0, 0.05) is 18.1 Å². The first-order valence-corrected chi connectivity index (χ1v) is 14.5. The van der Waals surface area contributed by atoms with Gasteiger partial charge in [-0.25, -0.2) is 9.59 Å². The van der Waals surface area contributed by atoms with Gasteiger partial charge >= 0.3 is 11.9 Å². The number of phenolic OH excluding ortho intramolecular Hbond substituents is 2. The Hall–Kier alpha value is -4.76. The molecule has 6 N–H and O–H groups in total. The monoisotopic (exact) mass is 642 g/mol. The molecule has 3 aromatic carbocycles. The number of esters is 1. The van der Waals surface area contributed by atoms with Crippen LogP contribution in [0.25, 0.3) is 0 Å². The van der Waals surface area contributed by atoms with E-state index in [4.69, 9.17) is 28.4 Å². The number of phenols is 2. The Kier molecular flexibility index (Phi) is 10.0.